The van der Waals surface area contributed by atoms with Gasteiger partial charge in [0, 0.05) is 7.05 Å². The highest BCUT2D eigenvalue weighted by molar-refractivity contribution is 7.99. The Labute approximate surface area is 131 Å². The van der Waals surface area contributed by atoms with Gasteiger partial charge in [0.05, 0.1) is 17.6 Å². The molecule has 1 saturated heterocycles. The number of para-hydroxylation sites is 2. The van der Waals surface area contributed by atoms with E-state index in [4.69, 9.17) is 4.74 Å². The van der Waals surface area contributed by atoms with Gasteiger partial charge >= 0.3 is 0 Å². The van der Waals surface area contributed by atoms with E-state index in [9.17, 15) is 20.4 Å². The second-order valence-corrected chi connectivity index (χ2v) is 6.32. The lowest BCUT2D eigenvalue weighted by Gasteiger charge is -2.39. The molecule has 1 aromatic carbocycles. The van der Waals surface area contributed by atoms with Crippen LogP contribution in [0, 0.1) is 0 Å². The summed E-state index contributed by atoms with van der Waals surface area (Å²) < 4.78 is 7.35. The maximum atomic E-state index is 10.1. The molecule has 0 spiro atoms. The van der Waals surface area contributed by atoms with Crippen LogP contribution >= 0.6 is 11.8 Å². The minimum absolute atomic E-state index is 0.440. The smallest absolute Gasteiger partial charge is 0.171 e. The summed E-state index contributed by atoms with van der Waals surface area (Å²) in [7, 11) is 1.85. The van der Waals surface area contributed by atoms with Crippen molar-refractivity contribution in [1.82, 2.24) is 9.55 Å². The topological polar surface area (TPSA) is 108 Å². The maximum absolute atomic E-state index is 10.1. The first-order valence-electron chi connectivity index (χ1n) is 6.91. The van der Waals surface area contributed by atoms with Gasteiger partial charge in [-0.15, -0.1) is 0 Å². The summed E-state index contributed by atoms with van der Waals surface area (Å²) in [6.07, 6.45) is -4.91. The predicted molar refractivity (Wildman–Crippen MR) is 80.3 cm³/mol. The molecule has 1 fully saturated rings. The molecular weight excluding hydrogens is 308 g/mol. The maximum Gasteiger partial charge on any atom is 0.171 e. The predicted octanol–water partition coefficient (Wildman–Crippen LogP) is -0.535. The van der Waals surface area contributed by atoms with E-state index in [-0.39, 0.29) is 0 Å². The first-order valence-corrected chi connectivity index (χ1v) is 7.79. The summed E-state index contributed by atoms with van der Waals surface area (Å²) in [6, 6.07) is 7.61. The summed E-state index contributed by atoms with van der Waals surface area (Å²) >= 11 is 1.15. The molecule has 8 heteroatoms. The number of aromatic nitrogens is 2. The number of hydrogen-bond acceptors (Lipinski definition) is 7. The van der Waals surface area contributed by atoms with Crippen LogP contribution in [0.15, 0.2) is 29.4 Å². The van der Waals surface area contributed by atoms with Gasteiger partial charge in [-0.1, -0.05) is 23.9 Å². The van der Waals surface area contributed by atoms with Crippen LogP contribution in [0.25, 0.3) is 11.0 Å². The number of rotatable bonds is 3. The van der Waals surface area contributed by atoms with Crippen LogP contribution in [-0.2, 0) is 11.8 Å². The Bertz CT molecular complexity index is 662. The standard InChI is InChI=1S/C14H18N2O5S/c1-16-8-5-3-2-4-7(8)15-14(16)22-13-12(20)11(19)10(18)9(6-17)21-13/h2-5,9-13,17-20H,6H2,1H3. The van der Waals surface area contributed by atoms with E-state index in [1.165, 1.54) is 0 Å². The lowest BCUT2D eigenvalue weighted by atomic mass is 10.0. The van der Waals surface area contributed by atoms with Gasteiger partial charge in [0.2, 0.25) is 0 Å². The first-order chi connectivity index (χ1) is 10.5. The van der Waals surface area contributed by atoms with Crippen molar-refractivity contribution >= 4 is 22.8 Å². The van der Waals surface area contributed by atoms with Gasteiger partial charge in [0.25, 0.3) is 0 Å². The van der Waals surface area contributed by atoms with E-state index in [1.54, 1.807) is 0 Å². The number of fused-ring (bicyclic) bond motifs is 1. The normalized spacial score (nSPS) is 32.5. The van der Waals surface area contributed by atoms with Crippen molar-refractivity contribution < 1.29 is 25.2 Å². The summed E-state index contributed by atoms with van der Waals surface area (Å²) in [4.78, 5) is 4.46. The van der Waals surface area contributed by atoms with E-state index in [1.807, 2.05) is 35.9 Å². The fourth-order valence-electron chi connectivity index (χ4n) is 2.50. The molecule has 7 nitrogen and oxygen atoms in total. The third kappa shape index (κ3) is 2.62. The molecule has 0 bridgehead atoms. The Morgan fingerprint density at radius 3 is 2.59 bits per heavy atom. The molecule has 0 saturated carbocycles. The molecule has 2 heterocycles. The van der Waals surface area contributed by atoms with E-state index < -0.39 is 36.5 Å². The van der Waals surface area contributed by atoms with Crippen LogP contribution in [0.4, 0.5) is 0 Å². The van der Waals surface area contributed by atoms with Crippen LogP contribution in [0.5, 0.6) is 0 Å². The SMILES string of the molecule is Cn1c(SC2OC(CO)C(O)C(O)C2O)nc2ccccc21. The quantitative estimate of drug-likeness (QED) is 0.600. The zero-order valence-electron chi connectivity index (χ0n) is 11.9. The van der Waals surface area contributed by atoms with Gasteiger partial charge in [-0.25, -0.2) is 4.98 Å². The Morgan fingerprint density at radius 1 is 1.18 bits per heavy atom. The van der Waals surface area contributed by atoms with Crippen LogP contribution < -0.4 is 0 Å². The third-order valence-electron chi connectivity index (χ3n) is 3.82. The van der Waals surface area contributed by atoms with Gasteiger partial charge in [-0.2, -0.15) is 0 Å². The molecule has 4 N–H and O–H groups in total. The van der Waals surface area contributed by atoms with Crippen molar-refractivity contribution in [2.24, 2.45) is 7.05 Å². The summed E-state index contributed by atoms with van der Waals surface area (Å²) in [5, 5.41) is 39.5. The fourth-order valence-corrected chi connectivity index (χ4v) is 3.61. The number of ether oxygens (including phenoxy) is 1. The minimum atomic E-state index is -1.38. The highest BCUT2D eigenvalue weighted by Crippen LogP contribution is 2.33. The lowest BCUT2D eigenvalue weighted by molar-refractivity contribution is -0.205. The zero-order chi connectivity index (χ0) is 15.9. The number of hydrogen-bond donors (Lipinski definition) is 4. The van der Waals surface area contributed by atoms with Gasteiger partial charge in [0.15, 0.2) is 5.16 Å². The summed E-state index contributed by atoms with van der Waals surface area (Å²) in [5.74, 6) is 0. The first kappa shape index (κ1) is 15.7. The number of aliphatic hydroxyl groups excluding tert-OH is 4. The second kappa shape index (κ2) is 6.15. The summed E-state index contributed by atoms with van der Waals surface area (Å²) in [5.41, 5.74) is 0.928. The van der Waals surface area contributed by atoms with Crippen molar-refractivity contribution in [1.29, 1.82) is 0 Å². The average molecular weight is 326 g/mol. The molecule has 1 aliphatic heterocycles. The number of nitrogens with zero attached hydrogens (tertiary/aromatic N) is 2. The lowest BCUT2D eigenvalue weighted by Crippen LogP contribution is -2.57. The Hall–Kier alpha value is -1.16. The molecule has 0 amide bonds. The molecule has 1 aromatic heterocycles. The van der Waals surface area contributed by atoms with Crippen molar-refractivity contribution in [3.05, 3.63) is 24.3 Å². The van der Waals surface area contributed by atoms with Crippen LogP contribution in [0.2, 0.25) is 0 Å². The van der Waals surface area contributed by atoms with E-state index in [0.29, 0.717) is 5.16 Å². The van der Waals surface area contributed by atoms with E-state index in [0.717, 1.165) is 22.8 Å². The van der Waals surface area contributed by atoms with Gasteiger partial charge < -0.3 is 29.7 Å². The molecule has 3 rings (SSSR count). The van der Waals surface area contributed by atoms with E-state index in [2.05, 4.69) is 4.98 Å². The van der Waals surface area contributed by atoms with E-state index >= 15 is 0 Å². The number of benzene rings is 1. The van der Waals surface area contributed by atoms with Crippen molar-refractivity contribution in [3.63, 3.8) is 0 Å². The second-order valence-electron chi connectivity index (χ2n) is 5.26. The average Bonchev–Trinajstić information content (AvgIpc) is 2.84. The Morgan fingerprint density at radius 2 is 1.91 bits per heavy atom. The molecule has 2 aromatic rings. The van der Waals surface area contributed by atoms with Crippen molar-refractivity contribution in [2.45, 2.75) is 35.0 Å². The summed E-state index contributed by atoms with van der Waals surface area (Å²) in [6.45, 7) is -0.440. The van der Waals surface area contributed by atoms with Crippen LogP contribution in [0.1, 0.15) is 0 Å². The van der Waals surface area contributed by atoms with Gasteiger partial charge in [0.1, 0.15) is 29.9 Å². The highest BCUT2D eigenvalue weighted by Gasteiger charge is 2.44. The monoisotopic (exact) mass is 326 g/mol. The number of aryl methyl sites for hydroxylation is 1. The van der Waals surface area contributed by atoms with Crippen molar-refractivity contribution in [2.75, 3.05) is 6.61 Å². The molecular formula is C14H18N2O5S. The molecule has 0 radical (unpaired) electrons. The Balaban J connectivity index is 1.85. The zero-order valence-corrected chi connectivity index (χ0v) is 12.7. The van der Waals surface area contributed by atoms with Gasteiger partial charge in [-0.05, 0) is 12.1 Å². The molecule has 120 valence electrons. The molecule has 5 unspecified atom stereocenters. The molecule has 5 atom stereocenters. The molecule has 0 aliphatic carbocycles. The molecule has 22 heavy (non-hydrogen) atoms. The number of imidazole rings is 1. The van der Waals surface area contributed by atoms with Crippen molar-refractivity contribution in [3.8, 4) is 0 Å². The number of aliphatic hydroxyl groups is 4. The Kier molecular flexibility index (Phi) is 4.40. The van der Waals surface area contributed by atoms with Crippen LogP contribution in [0.3, 0.4) is 0 Å². The highest BCUT2D eigenvalue weighted by atomic mass is 32.2. The fraction of sp³-hybridized carbons (Fsp3) is 0.500. The van der Waals surface area contributed by atoms with Crippen LogP contribution in [-0.4, -0.2) is 66.4 Å². The van der Waals surface area contributed by atoms with Gasteiger partial charge in [-0.3, -0.25) is 0 Å². The largest absolute Gasteiger partial charge is 0.394 e. The number of thioether (sulfide) groups is 1. The minimum Gasteiger partial charge on any atom is -0.394 e. The molecule has 1 aliphatic rings. The third-order valence-corrected chi connectivity index (χ3v) is 5.01.